The monoisotopic (exact) mass is 196 g/mol. The van der Waals surface area contributed by atoms with E-state index in [1.807, 2.05) is 0 Å². The predicted molar refractivity (Wildman–Crippen MR) is 42.3 cm³/mol. The lowest BCUT2D eigenvalue weighted by atomic mass is 10.2. The van der Waals surface area contributed by atoms with Crippen LogP contribution in [0.3, 0.4) is 0 Å². The van der Waals surface area contributed by atoms with Crippen LogP contribution in [-0.4, -0.2) is 24.1 Å². The molecule has 74 valence electrons. The molecule has 0 saturated carbocycles. The topological polar surface area (TPSA) is 100 Å². The lowest BCUT2D eigenvalue weighted by Crippen LogP contribution is -2.32. The van der Waals surface area contributed by atoms with Gasteiger partial charge in [0.1, 0.15) is 12.1 Å². The van der Waals surface area contributed by atoms with E-state index in [4.69, 9.17) is 10.5 Å². The van der Waals surface area contributed by atoms with Gasteiger partial charge in [0.2, 0.25) is 12.2 Å². The Labute approximate surface area is 80.6 Å². The Bertz CT molecular complexity index is 280. The van der Waals surface area contributed by atoms with E-state index in [2.05, 4.69) is 9.47 Å². The molecular weight excluding hydrogens is 188 g/mol. The van der Waals surface area contributed by atoms with Gasteiger partial charge in [-0.25, -0.2) is 0 Å². The smallest absolute Gasteiger partial charge is 0.304 e. The fourth-order valence-corrected chi connectivity index (χ4v) is 0.669. The number of hydrogen-bond donors (Lipinski definition) is 0. The van der Waals surface area contributed by atoms with Gasteiger partial charge in [-0.1, -0.05) is 0 Å². The van der Waals surface area contributed by atoms with E-state index in [-0.39, 0.29) is 0 Å². The van der Waals surface area contributed by atoms with E-state index in [1.165, 1.54) is 0 Å². The molecule has 0 aromatic rings. The molecule has 0 spiro atoms. The highest BCUT2D eigenvalue weighted by Crippen LogP contribution is 2.03. The molecule has 6 heteroatoms. The molecule has 0 aliphatic rings. The van der Waals surface area contributed by atoms with Crippen LogP contribution in [0.25, 0.3) is 0 Å². The summed E-state index contributed by atoms with van der Waals surface area (Å²) in [4.78, 5) is 21.0. The second-order valence-electron chi connectivity index (χ2n) is 2.32. The lowest BCUT2D eigenvalue weighted by Gasteiger charge is -2.14. The van der Waals surface area contributed by atoms with Crippen molar-refractivity contribution < 1.29 is 19.1 Å². The zero-order valence-electron chi connectivity index (χ0n) is 7.68. The maximum absolute atomic E-state index is 10.5. The van der Waals surface area contributed by atoms with Crippen LogP contribution in [0.15, 0.2) is 0 Å². The van der Waals surface area contributed by atoms with Gasteiger partial charge in [0.25, 0.3) is 0 Å². The van der Waals surface area contributed by atoms with Crippen LogP contribution in [0.5, 0.6) is 0 Å². The van der Waals surface area contributed by atoms with Crippen molar-refractivity contribution >= 4 is 11.9 Å². The zero-order valence-corrected chi connectivity index (χ0v) is 7.68. The molecule has 0 aromatic carbocycles. The van der Waals surface area contributed by atoms with Gasteiger partial charge in [-0.15, -0.1) is 0 Å². The molecule has 0 saturated heterocycles. The van der Waals surface area contributed by atoms with Gasteiger partial charge in [-0.3, -0.25) is 9.59 Å². The van der Waals surface area contributed by atoms with E-state index < -0.39 is 24.1 Å². The van der Waals surface area contributed by atoms with E-state index in [0.717, 1.165) is 13.8 Å². The van der Waals surface area contributed by atoms with Gasteiger partial charge < -0.3 is 9.47 Å². The Morgan fingerprint density at radius 2 is 1.29 bits per heavy atom. The number of carbonyl (C=O) groups excluding carboxylic acids is 2. The summed E-state index contributed by atoms with van der Waals surface area (Å²) in [6, 6.07) is 3.09. The third-order valence-corrected chi connectivity index (χ3v) is 1.12. The third-order valence-electron chi connectivity index (χ3n) is 1.12. The molecule has 0 fully saturated rings. The molecule has 0 aliphatic carbocycles. The number of nitrogens with zero attached hydrogens (tertiary/aromatic N) is 2. The number of nitriles is 2. The Hall–Kier alpha value is -2.08. The summed E-state index contributed by atoms with van der Waals surface area (Å²) < 4.78 is 8.91. The quantitative estimate of drug-likeness (QED) is 0.584. The first-order valence-corrected chi connectivity index (χ1v) is 3.65. The molecule has 0 radical (unpaired) electrons. The zero-order chi connectivity index (χ0) is 11.1. The summed E-state index contributed by atoms with van der Waals surface area (Å²) in [6.07, 6.45) is -2.78. The normalized spacial score (nSPS) is 12.9. The summed E-state index contributed by atoms with van der Waals surface area (Å²) in [6.45, 7) is 2.18. The molecule has 2 atom stereocenters. The van der Waals surface area contributed by atoms with Gasteiger partial charge in [-0.05, 0) is 0 Å². The van der Waals surface area contributed by atoms with Crippen LogP contribution in [0.1, 0.15) is 13.8 Å². The van der Waals surface area contributed by atoms with Gasteiger partial charge in [0.15, 0.2) is 0 Å². The molecule has 0 rings (SSSR count). The van der Waals surface area contributed by atoms with Crippen molar-refractivity contribution in [2.24, 2.45) is 0 Å². The maximum atomic E-state index is 10.5. The van der Waals surface area contributed by atoms with Crippen LogP contribution < -0.4 is 0 Å². The van der Waals surface area contributed by atoms with Gasteiger partial charge >= 0.3 is 11.9 Å². The standard InChI is InChI=1S/C8H8N2O4/c1-5(11)13-7(3-9)8(4-10)14-6(2)12/h7-8H,1-2H3/t7-,8-/m0/s1. The summed E-state index contributed by atoms with van der Waals surface area (Å²) in [7, 11) is 0. The van der Waals surface area contributed by atoms with E-state index in [1.54, 1.807) is 12.1 Å². The lowest BCUT2D eigenvalue weighted by molar-refractivity contribution is -0.157. The van der Waals surface area contributed by atoms with Crippen LogP contribution in [0.4, 0.5) is 0 Å². The summed E-state index contributed by atoms with van der Waals surface area (Å²) in [5.74, 6) is -1.44. The van der Waals surface area contributed by atoms with Crippen molar-refractivity contribution in [3.8, 4) is 12.1 Å². The second kappa shape index (κ2) is 5.55. The van der Waals surface area contributed by atoms with E-state index in [9.17, 15) is 9.59 Å². The van der Waals surface area contributed by atoms with Crippen LogP contribution in [-0.2, 0) is 19.1 Å². The van der Waals surface area contributed by atoms with Gasteiger partial charge in [-0.2, -0.15) is 10.5 Å². The van der Waals surface area contributed by atoms with Crippen molar-refractivity contribution in [1.29, 1.82) is 10.5 Å². The Morgan fingerprint density at radius 3 is 1.43 bits per heavy atom. The van der Waals surface area contributed by atoms with E-state index in [0.29, 0.717) is 0 Å². The minimum atomic E-state index is -1.39. The molecule has 6 nitrogen and oxygen atoms in total. The highest BCUT2D eigenvalue weighted by molar-refractivity contribution is 5.68. The van der Waals surface area contributed by atoms with Crippen LogP contribution in [0.2, 0.25) is 0 Å². The fraction of sp³-hybridized carbons (Fsp3) is 0.500. The first kappa shape index (κ1) is 11.9. The van der Waals surface area contributed by atoms with Crippen molar-refractivity contribution in [2.75, 3.05) is 0 Å². The molecule has 0 heterocycles. The largest absolute Gasteiger partial charge is 0.442 e. The van der Waals surface area contributed by atoms with E-state index >= 15 is 0 Å². The first-order valence-electron chi connectivity index (χ1n) is 3.65. The summed E-state index contributed by atoms with van der Waals surface area (Å²) in [5.41, 5.74) is 0. The first-order chi connectivity index (χ1) is 6.51. The molecule has 0 unspecified atom stereocenters. The fourth-order valence-electron chi connectivity index (χ4n) is 0.669. The molecular formula is C8H8N2O4. The number of rotatable bonds is 3. The number of esters is 2. The van der Waals surface area contributed by atoms with Crippen molar-refractivity contribution in [3.63, 3.8) is 0 Å². The Balaban J connectivity index is 4.48. The Kier molecular flexibility index (Phi) is 4.72. The van der Waals surface area contributed by atoms with Crippen molar-refractivity contribution in [1.82, 2.24) is 0 Å². The van der Waals surface area contributed by atoms with Gasteiger partial charge in [0, 0.05) is 13.8 Å². The number of carbonyl (C=O) groups is 2. The predicted octanol–water partition coefficient (Wildman–Crippen LogP) is -0.103. The highest BCUT2D eigenvalue weighted by Gasteiger charge is 2.26. The summed E-state index contributed by atoms with van der Waals surface area (Å²) >= 11 is 0. The molecule has 0 aromatic heterocycles. The molecule has 0 amide bonds. The third kappa shape index (κ3) is 4.07. The minimum absolute atomic E-state index is 0.719. The van der Waals surface area contributed by atoms with Gasteiger partial charge in [0.05, 0.1) is 0 Å². The van der Waals surface area contributed by atoms with Crippen molar-refractivity contribution in [3.05, 3.63) is 0 Å². The molecule has 0 N–H and O–H groups in total. The number of hydrogen-bond acceptors (Lipinski definition) is 6. The molecule has 0 aliphatic heterocycles. The minimum Gasteiger partial charge on any atom is -0.442 e. The number of ether oxygens (including phenoxy) is 2. The average molecular weight is 196 g/mol. The van der Waals surface area contributed by atoms with Crippen LogP contribution >= 0.6 is 0 Å². The molecule has 14 heavy (non-hydrogen) atoms. The second-order valence-corrected chi connectivity index (χ2v) is 2.32. The summed E-state index contributed by atoms with van der Waals surface area (Å²) in [5, 5.41) is 17.0. The Morgan fingerprint density at radius 1 is 1.00 bits per heavy atom. The average Bonchev–Trinajstić information content (AvgIpc) is 2.10. The van der Waals surface area contributed by atoms with Crippen molar-refractivity contribution in [2.45, 2.75) is 26.1 Å². The maximum Gasteiger partial charge on any atom is 0.304 e. The SMILES string of the molecule is CC(=O)O[C@@H](C#N)[C@H](C#N)OC(C)=O. The molecule has 0 bridgehead atoms. The highest BCUT2D eigenvalue weighted by atomic mass is 16.6. The van der Waals surface area contributed by atoms with Crippen LogP contribution in [0, 0.1) is 22.7 Å².